The SMILES string of the molecule is CC(C)NC(C)C(=O)NC(C)C(=O)C(C)C. The Hall–Kier alpha value is -0.900. The van der Waals surface area contributed by atoms with Crippen LogP contribution >= 0.6 is 0 Å². The van der Waals surface area contributed by atoms with Gasteiger partial charge in [0.15, 0.2) is 5.78 Å². The summed E-state index contributed by atoms with van der Waals surface area (Å²) in [6.45, 7) is 11.1. The predicted molar refractivity (Wildman–Crippen MR) is 65.2 cm³/mol. The smallest absolute Gasteiger partial charge is 0.237 e. The molecule has 16 heavy (non-hydrogen) atoms. The number of Topliss-reactive ketones (excluding diaryl/α,β-unsaturated/α-hetero) is 1. The van der Waals surface area contributed by atoms with Crippen molar-refractivity contribution < 1.29 is 9.59 Å². The fourth-order valence-corrected chi connectivity index (χ4v) is 1.49. The summed E-state index contributed by atoms with van der Waals surface area (Å²) in [5.74, 6) is -0.121. The van der Waals surface area contributed by atoms with Crippen LogP contribution in [0.4, 0.5) is 0 Å². The normalized spacial score (nSPS) is 15.0. The van der Waals surface area contributed by atoms with E-state index in [9.17, 15) is 9.59 Å². The van der Waals surface area contributed by atoms with E-state index in [2.05, 4.69) is 10.6 Å². The molecule has 0 aliphatic heterocycles. The van der Waals surface area contributed by atoms with Crippen LogP contribution in [0.2, 0.25) is 0 Å². The molecule has 0 spiro atoms. The van der Waals surface area contributed by atoms with Gasteiger partial charge >= 0.3 is 0 Å². The lowest BCUT2D eigenvalue weighted by Crippen LogP contribution is -2.50. The summed E-state index contributed by atoms with van der Waals surface area (Å²) in [6.07, 6.45) is 0. The van der Waals surface area contributed by atoms with E-state index in [0.29, 0.717) is 0 Å². The molecule has 0 bridgehead atoms. The first kappa shape index (κ1) is 15.1. The monoisotopic (exact) mass is 228 g/mol. The average Bonchev–Trinajstić information content (AvgIpc) is 2.14. The van der Waals surface area contributed by atoms with Crippen LogP contribution in [0.5, 0.6) is 0 Å². The molecule has 2 N–H and O–H groups in total. The third kappa shape index (κ3) is 5.26. The van der Waals surface area contributed by atoms with Crippen molar-refractivity contribution in [1.29, 1.82) is 0 Å². The van der Waals surface area contributed by atoms with Crippen LogP contribution in [0.15, 0.2) is 0 Å². The number of hydrogen-bond donors (Lipinski definition) is 2. The van der Waals surface area contributed by atoms with Crippen LogP contribution in [0, 0.1) is 5.92 Å². The predicted octanol–water partition coefficient (Wildman–Crippen LogP) is 1.10. The largest absolute Gasteiger partial charge is 0.345 e. The maximum absolute atomic E-state index is 11.7. The fourth-order valence-electron chi connectivity index (χ4n) is 1.49. The molecule has 2 unspecified atom stereocenters. The molecular formula is C12H24N2O2. The van der Waals surface area contributed by atoms with Crippen LogP contribution in [0.3, 0.4) is 0 Å². The highest BCUT2D eigenvalue weighted by Gasteiger charge is 2.21. The zero-order valence-electron chi connectivity index (χ0n) is 11.1. The molecule has 0 radical (unpaired) electrons. The molecule has 0 aromatic heterocycles. The van der Waals surface area contributed by atoms with Gasteiger partial charge in [0.1, 0.15) is 0 Å². The second kappa shape index (κ2) is 6.63. The van der Waals surface area contributed by atoms with E-state index >= 15 is 0 Å². The zero-order chi connectivity index (χ0) is 12.9. The quantitative estimate of drug-likeness (QED) is 0.716. The Morgan fingerprint density at radius 2 is 1.38 bits per heavy atom. The van der Waals surface area contributed by atoms with Crippen molar-refractivity contribution in [3.8, 4) is 0 Å². The number of carbonyl (C=O) groups excluding carboxylic acids is 2. The summed E-state index contributed by atoms with van der Waals surface area (Å²) in [7, 11) is 0. The first-order chi connectivity index (χ1) is 7.25. The van der Waals surface area contributed by atoms with E-state index in [1.54, 1.807) is 13.8 Å². The molecule has 0 aromatic rings. The van der Waals surface area contributed by atoms with Gasteiger partial charge in [0, 0.05) is 12.0 Å². The van der Waals surface area contributed by atoms with Crippen molar-refractivity contribution in [2.45, 2.75) is 59.7 Å². The van der Waals surface area contributed by atoms with Crippen molar-refractivity contribution in [2.24, 2.45) is 5.92 Å². The maximum Gasteiger partial charge on any atom is 0.237 e. The Kier molecular flexibility index (Phi) is 6.26. The summed E-state index contributed by atoms with van der Waals surface area (Å²) in [5, 5.41) is 5.81. The summed E-state index contributed by atoms with van der Waals surface area (Å²) < 4.78 is 0. The van der Waals surface area contributed by atoms with E-state index in [-0.39, 0.29) is 29.7 Å². The second-order valence-corrected chi connectivity index (χ2v) is 4.83. The topological polar surface area (TPSA) is 58.2 Å². The number of amides is 1. The minimum absolute atomic E-state index is 0.0522. The van der Waals surface area contributed by atoms with Crippen molar-refractivity contribution >= 4 is 11.7 Å². The molecule has 0 saturated carbocycles. The highest BCUT2D eigenvalue weighted by Crippen LogP contribution is 1.99. The van der Waals surface area contributed by atoms with E-state index in [0.717, 1.165) is 0 Å². The minimum atomic E-state index is -0.413. The van der Waals surface area contributed by atoms with Crippen LogP contribution in [0.1, 0.15) is 41.5 Å². The van der Waals surface area contributed by atoms with E-state index < -0.39 is 6.04 Å². The van der Waals surface area contributed by atoms with Gasteiger partial charge in [-0.3, -0.25) is 9.59 Å². The molecule has 0 aromatic carbocycles. The molecule has 2 atom stereocenters. The average molecular weight is 228 g/mol. The maximum atomic E-state index is 11.7. The molecule has 0 rings (SSSR count). The van der Waals surface area contributed by atoms with Gasteiger partial charge in [0.25, 0.3) is 0 Å². The van der Waals surface area contributed by atoms with Crippen molar-refractivity contribution in [1.82, 2.24) is 10.6 Å². The highest BCUT2D eigenvalue weighted by atomic mass is 16.2. The van der Waals surface area contributed by atoms with Crippen molar-refractivity contribution in [3.05, 3.63) is 0 Å². The van der Waals surface area contributed by atoms with Gasteiger partial charge in [0.05, 0.1) is 12.1 Å². The van der Waals surface area contributed by atoms with Gasteiger partial charge < -0.3 is 10.6 Å². The molecule has 4 heteroatoms. The molecule has 0 fully saturated rings. The molecule has 0 saturated heterocycles. The van der Waals surface area contributed by atoms with Crippen LogP contribution < -0.4 is 10.6 Å². The summed E-state index contributed by atoms with van der Waals surface area (Å²) in [4.78, 5) is 23.3. The summed E-state index contributed by atoms with van der Waals surface area (Å²) in [6, 6.07) is -0.441. The standard InChI is InChI=1S/C12H24N2O2/c1-7(2)11(15)9(5)14-12(16)10(6)13-8(3)4/h7-10,13H,1-6H3,(H,14,16). The molecule has 94 valence electrons. The van der Waals surface area contributed by atoms with Gasteiger partial charge in [-0.15, -0.1) is 0 Å². The van der Waals surface area contributed by atoms with Gasteiger partial charge in [-0.2, -0.15) is 0 Å². The molecular weight excluding hydrogens is 204 g/mol. The van der Waals surface area contributed by atoms with Gasteiger partial charge in [-0.25, -0.2) is 0 Å². The summed E-state index contributed by atoms with van der Waals surface area (Å²) >= 11 is 0. The van der Waals surface area contributed by atoms with E-state index in [1.807, 2.05) is 27.7 Å². The Morgan fingerprint density at radius 3 is 1.75 bits per heavy atom. The Labute approximate surface area is 98.2 Å². The van der Waals surface area contributed by atoms with Gasteiger partial charge in [0.2, 0.25) is 5.91 Å². The number of nitrogens with one attached hydrogen (secondary N) is 2. The van der Waals surface area contributed by atoms with E-state index in [1.165, 1.54) is 0 Å². The lowest BCUT2D eigenvalue weighted by Gasteiger charge is -2.20. The van der Waals surface area contributed by atoms with Crippen LogP contribution in [0.25, 0.3) is 0 Å². The lowest BCUT2D eigenvalue weighted by molar-refractivity contribution is -0.129. The lowest BCUT2D eigenvalue weighted by atomic mass is 10.0. The molecule has 0 aliphatic carbocycles. The fraction of sp³-hybridized carbons (Fsp3) is 0.833. The van der Waals surface area contributed by atoms with E-state index in [4.69, 9.17) is 0 Å². The van der Waals surface area contributed by atoms with Gasteiger partial charge in [-0.05, 0) is 13.8 Å². The highest BCUT2D eigenvalue weighted by molar-refractivity contribution is 5.91. The molecule has 0 aliphatic rings. The van der Waals surface area contributed by atoms with Crippen LogP contribution in [-0.4, -0.2) is 29.8 Å². The summed E-state index contributed by atoms with van der Waals surface area (Å²) in [5.41, 5.74) is 0. The Balaban J connectivity index is 4.18. The Morgan fingerprint density at radius 1 is 0.875 bits per heavy atom. The first-order valence-electron chi connectivity index (χ1n) is 5.85. The minimum Gasteiger partial charge on any atom is -0.345 e. The first-order valence-corrected chi connectivity index (χ1v) is 5.85. The molecule has 4 nitrogen and oxygen atoms in total. The number of rotatable bonds is 6. The third-order valence-electron chi connectivity index (χ3n) is 2.33. The number of hydrogen-bond acceptors (Lipinski definition) is 3. The number of ketones is 1. The Bertz CT molecular complexity index is 249. The zero-order valence-corrected chi connectivity index (χ0v) is 11.1. The third-order valence-corrected chi connectivity index (χ3v) is 2.33. The molecule has 0 heterocycles. The van der Waals surface area contributed by atoms with Gasteiger partial charge in [-0.1, -0.05) is 27.7 Å². The van der Waals surface area contributed by atoms with Crippen LogP contribution in [-0.2, 0) is 9.59 Å². The second-order valence-electron chi connectivity index (χ2n) is 4.83. The molecule has 1 amide bonds. The number of carbonyl (C=O) groups is 2. The van der Waals surface area contributed by atoms with Crippen molar-refractivity contribution in [2.75, 3.05) is 0 Å². The van der Waals surface area contributed by atoms with Crippen molar-refractivity contribution in [3.63, 3.8) is 0 Å².